The molecule has 2 amide bonds. The molecule has 1 aromatic rings. The first-order valence-corrected chi connectivity index (χ1v) is 7.37. The third kappa shape index (κ3) is 5.20. The first kappa shape index (κ1) is 18.2. The van der Waals surface area contributed by atoms with Gasteiger partial charge in [-0.2, -0.15) is 13.2 Å². The number of halogens is 3. The van der Waals surface area contributed by atoms with Crippen LogP contribution in [0, 0.1) is 0 Å². The van der Waals surface area contributed by atoms with E-state index < -0.39 is 24.7 Å². The van der Waals surface area contributed by atoms with Crippen LogP contribution in [0.1, 0.15) is 17.3 Å². The Hall–Kier alpha value is -2.13. The van der Waals surface area contributed by atoms with Crippen molar-refractivity contribution >= 4 is 17.5 Å². The van der Waals surface area contributed by atoms with Crippen LogP contribution in [0.15, 0.2) is 24.3 Å². The summed E-state index contributed by atoms with van der Waals surface area (Å²) in [6.07, 6.45) is -4.74. The van der Waals surface area contributed by atoms with Gasteiger partial charge in [0.2, 0.25) is 5.91 Å². The van der Waals surface area contributed by atoms with Gasteiger partial charge in [-0.15, -0.1) is 0 Å². The highest BCUT2D eigenvalue weighted by Gasteiger charge is 2.29. The van der Waals surface area contributed by atoms with Gasteiger partial charge < -0.3 is 20.7 Å². The van der Waals surface area contributed by atoms with Gasteiger partial charge in [0.25, 0.3) is 5.91 Å². The van der Waals surface area contributed by atoms with E-state index in [4.69, 9.17) is 4.74 Å². The van der Waals surface area contributed by atoms with Gasteiger partial charge in [-0.05, 0) is 31.2 Å². The number of hydrogen-bond acceptors (Lipinski definition) is 4. The van der Waals surface area contributed by atoms with Crippen molar-refractivity contribution in [2.75, 3.05) is 25.0 Å². The van der Waals surface area contributed by atoms with Crippen molar-refractivity contribution in [1.82, 2.24) is 10.6 Å². The fourth-order valence-corrected chi connectivity index (χ4v) is 2.23. The van der Waals surface area contributed by atoms with Crippen molar-refractivity contribution in [2.24, 2.45) is 0 Å². The van der Waals surface area contributed by atoms with Crippen LogP contribution in [-0.4, -0.2) is 49.8 Å². The highest BCUT2D eigenvalue weighted by atomic mass is 19.4. The van der Waals surface area contributed by atoms with E-state index >= 15 is 0 Å². The molecule has 6 nitrogen and oxygen atoms in total. The fourth-order valence-electron chi connectivity index (χ4n) is 2.23. The molecule has 0 spiro atoms. The lowest BCUT2D eigenvalue weighted by molar-refractivity contribution is -0.124. The zero-order chi connectivity index (χ0) is 17.7. The minimum absolute atomic E-state index is 0.0738. The molecule has 1 saturated heterocycles. The molecule has 0 aromatic heterocycles. The molecule has 1 fully saturated rings. The SMILES string of the molecule is C[C@H]1OCCN[C@@H]1C(=O)Nc1ccc(C(=O)NCC(F)(F)F)cc1. The number of alkyl halides is 3. The second-order valence-electron chi connectivity index (χ2n) is 5.37. The van der Waals surface area contributed by atoms with Gasteiger partial charge in [0, 0.05) is 17.8 Å². The minimum Gasteiger partial charge on any atom is -0.375 e. The maximum Gasteiger partial charge on any atom is 0.405 e. The summed E-state index contributed by atoms with van der Waals surface area (Å²) in [6, 6.07) is 5.10. The second-order valence-corrected chi connectivity index (χ2v) is 5.37. The number of carbonyl (C=O) groups excluding carboxylic acids is 2. The lowest BCUT2D eigenvalue weighted by atomic mass is 10.1. The first-order chi connectivity index (χ1) is 11.3. The number of morpholine rings is 1. The lowest BCUT2D eigenvalue weighted by Gasteiger charge is -2.29. The Morgan fingerprint density at radius 1 is 1.29 bits per heavy atom. The van der Waals surface area contributed by atoms with Crippen LogP contribution in [0.3, 0.4) is 0 Å². The average molecular weight is 345 g/mol. The Kier molecular flexibility index (Phi) is 5.79. The van der Waals surface area contributed by atoms with Gasteiger partial charge in [-0.3, -0.25) is 9.59 Å². The number of benzene rings is 1. The summed E-state index contributed by atoms with van der Waals surface area (Å²) >= 11 is 0. The van der Waals surface area contributed by atoms with Crippen molar-refractivity contribution in [2.45, 2.75) is 25.2 Å². The van der Waals surface area contributed by atoms with E-state index in [1.807, 2.05) is 0 Å². The molecule has 24 heavy (non-hydrogen) atoms. The van der Waals surface area contributed by atoms with Gasteiger partial charge in [-0.25, -0.2) is 0 Å². The van der Waals surface area contributed by atoms with Crippen LogP contribution < -0.4 is 16.0 Å². The van der Waals surface area contributed by atoms with E-state index in [1.54, 1.807) is 12.2 Å². The van der Waals surface area contributed by atoms with E-state index in [0.717, 1.165) is 0 Å². The average Bonchev–Trinajstić information content (AvgIpc) is 2.53. The van der Waals surface area contributed by atoms with Crippen LogP contribution in [-0.2, 0) is 9.53 Å². The molecule has 2 atom stereocenters. The summed E-state index contributed by atoms with van der Waals surface area (Å²) in [5.74, 6) is -1.11. The summed E-state index contributed by atoms with van der Waals surface area (Å²) in [7, 11) is 0. The number of ether oxygens (including phenoxy) is 1. The number of carbonyl (C=O) groups is 2. The summed E-state index contributed by atoms with van der Waals surface area (Å²) in [5.41, 5.74) is 0.511. The van der Waals surface area contributed by atoms with E-state index in [-0.39, 0.29) is 17.6 Å². The monoisotopic (exact) mass is 345 g/mol. The number of rotatable bonds is 4. The number of anilines is 1. The van der Waals surface area contributed by atoms with Gasteiger partial charge in [0.05, 0.1) is 12.7 Å². The van der Waals surface area contributed by atoms with Gasteiger partial charge in [-0.1, -0.05) is 0 Å². The molecular weight excluding hydrogens is 327 g/mol. The van der Waals surface area contributed by atoms with Crippen LogP contribution in [0.2, 0.25) is 0 Å². The standard InChI is InChI=1S/C15H18F3N3O3/c1-9-12(19-6-7-24-9)14(23)21-11-4-2-10(3-5-11)13(22)20-8-15(16,17)18/h2-5,9,12,19H,6-8H2,1H3,(H,20,22)(H,21,23)/t9-,12+/m1/s1. The Balaban J connectivity index is 1.91. The predicted molar refractivity (Wildman–Crippen MR) is 80.7 cm³/mol. The molecule has 1 heterocycles. The van der Waals surface area contributed by atoms with Crippen molar-refractivity contribution in [3.05, 3.63) is 29.8 Å². The molecule has 0 aliphatic carbocycles. The minimum atomic E-state index is -4.46. The summed E-state index contributed by atoms with van der Waals surface area (Å²) in [4.78, 5) is 23.7. The van der Waals surface area contributed by atoms with Crippen molar-refractivity contribution in [1.29, 1.82) is 0 Å². The lowest BCUT2D eigenvalue weighted by Crippen LogP contribution is -2.53. The summed E-state index contributed by atoms with van der Waals surface area (Å²) in [5, 5.41) is 7.49. The van der Waals surface area contributed by atoms with E-state index in [2.05, 4.69) is 10.6 Å². The highest BCUT2D eigenvalue weighted by Crippen LogP contribution is 2.14. The molecule has 1 aliphatic rings. The van der Waals surface area contributed by atoms with E-state index in [1.165, 1.54) is 24.3 Å². The topological polar surface area (TPSA) is 79.5 Å². The number of nitrogens with one attached hydrogen (secondary N) is 3. The van der Waals surface area contributed by atoms with Crippen molar-refractivity contribution in [3.63, 3.8) is 0 Å². The molecule has 2 rings (SSSR count). The number of hydrogen-bond donors (Lipinski definition) is 3. The summed E-state index contributed by atoms with van der Waals surface area (Å²) in [6.45, 7) is 1.49. The Bertz CT molecular complexity index is 590. The molecule has 0 bridgehead atoms. The molecule has 0 saturated carbocycles. The fraction of sp³-hybridized carbons (Fsp3) is 0.467. The van der Waals surface area contributed by atoms with Crippen LogP contribution >= 0.6 is 0 Å². The smallest absolute Gasteiger partial charge is 0.375 e. The zero-order valence-electron chi connectivity index (χ0n) is 12.9. The Labute approximate surface area is 136 Å². The third-order valence-electron chi connectivity index (χ3n) is 3.46. The molecule has 3 N–H and O–H groups in total. The number of amides is 2. The van der Waals surface area contributed by atoms with Gasteiger partial charge in [0.15, 0.2) is 0 Å². The molecule has 0 unspecified atom stereocenters. The van der Waals surface area contributed by atoms with Gasteiger partial charge >= 0.3 is 6.18 Å². The quantitative estimate of drug-likeness (QED) is 0.768. The zero-order valence-corrected chi connectivity index (χ0v) is 12.9. The van der Waals surface area contributed by atoms with Crippen LogP contribution in [0.25, 0.3) is 0 Å². The Morgan fingerprint density at radius 2 is 1.96 bits per heavy atom. The molecule has 1 aliphatic heterocycles. The first-order valence-electron chi connectivity index (χ1n) is 7.37. The molecule has 1 aromatic carbocycles. The second kappa shape index (κ2) is 7.63. The summed E-state index contributed by atoms with van der Waals surface area (Å²) < 4.78 is 41.6. The maximum atomic E-state index is 12.2. The largest absolute Gasteiger partial charge is 0.405 e. The van der Waals surface area contributed by atoms with Crippen LogP contribution in [0.4, 0.5) is 18.9 Å². The molecular formula is C15H18F3N3O3. The maximum absolute atomic E-state index is 12.2. The molecule has 9 heteroatoms. The normalized spacial score (nSPS) is 21.2. The van der Waals surface area contributed by atoms with Crippen molar-refractivity contribution < 1.29 is 27.5 Å². The molecule has 0 radical (unpaired) electrons. The predicted octanol–water partition coefficient (Wildman–Crippen LogP) is 1.29. The van der Waals surface area contributed by atoms with E-state index in [9.17, 15) is 22.8 Å². The molecule has 132 valence electrons. The van der Waals surface area contributed by atoms with Crippen molar-refractivity contribution in [3.8, 4) is 0 Å². The highest BCUT2D eigenvalue weighted by molar-refractivity contribution is 5.97. The Morgan fingerprint density at radius 3 is 2.54 bits per heavy atom. The van der Waals surface area contributed by atoms with Gasteiger partial charge in [0.1, 0.15) is 12.6 Å². The third-order valence-corrected chi connectivity index (χ3v) is 3.46. The van der Waals surface area contributed by atoms with E-state index in [0.29, 0.717) is 18.8 Å². The van der Waals surface area contributed by atoms with Crippen LogP contribution in [0.5, 0.6) is 0 Å².